The Bertz CT molecular complexity index is 405. The summed E-state index contributed by atoms with van der Waals surface area (Å²) in [5.41, 5.74) is -0.0275. The van der Waals surface area contributed by atoms with E-state index in [1.807, 2.05) is 0 Å². The molecule has 0 aliphatic heterocycles. The lowest BCUT2D eigenvalue weighted by Crippen LogP contribution is -2.24. The number of hydrogen-bond acceptors (Lipinski definition) is 6. The average Bonchev–Trinajstić information content (AvgIpc) is 2.31. The maximum absolute atomic E-state index is 11.3. The number of aldehydes is 1. The zero-order valence-corrected chi connectivity index (χ0v) is 10.3. The Kier molecular flexibility index (Phi) is 6.95. The molecule has 18 heavy (non-hydrogen) atoms. The topological polar surface area (TPSA) is 86.7 Å². The van der Waals surface area contributed by atoms with Crippen molar-refractivity contribution in [2.45, 2.75) is 20.0 Å². The summed E-state index contributed by atoms with van der Waals surface area (Å²) in [5.74, 6) is -1.73. The van der Waals surface area contributed by atoms with E-state index in [1.54, 1.807) is 0 Å². The van der Waals surface area contributed by atoms with Crippen LogP contribution in [0.5, 0.6) is 0 Å². The minimum atomic E-state index is -1.28. The Morgan fingerprint density at radius 1 is 1.17 bits per heavy atom. The van der Waals surface area contributed by atoms with Crippen LogP contribution < -0.4 is 0 Å². The van der Waals surface area contributed by atoms with Crippen LogP contribution in [0.3, 0.4) is 0 Å². The number of rotatable bonds is 6. The molecule has 1 atom stereocenters. The van der Waals surface area contributed by atoms with Gasteiger partial charge in [-0.25, -0.2) is 4.79 Å². The third-order valence-corrected chi connectivity index (χ3v) is 1.84. The van der Waals surface area contributed by atoms with Gasteiger partial charge in [-0.15, -0.1) is 0 Å². The molecule has 0 amide bonds. The van der Waals surface area contributed by atoms with Crippen LogP contribution in [0, 0.1) is 0 Å². The molecule has 0 N–H and O–H groups in total. The van der Waals surface area contributed by atoms with Crippen LogP contribution in [0.2, 0.25) is 0 Å². The zero-order chi connectivity index (χ0) is 14.1. The van der Waals surface area contributed by atoms with Crippen molar-refractivity contribution in [3.05, 3.63) is 23.8 Å². The lowest BCUT2D eigenvalue weighted by atomic mass is 10.1. The Labute approximate surface area is 104 Å². The zero-order valence-electron chi connectivity index (χ0n) is 10.3. The number of ketones is 1. The summed E-state index contributed by atoms with van der Waals surface area (Å²) < 4.78 is 9.01. The number of carbonyl (C=O) groups is 4. The summed E-state index contributed by atoms with van der Waals surface area (Å²) in [6, 6.07) is 0. The summed E-state index contributed by atoms with van der Waals surface area (Å²) in [6.45, 7) is 2.34. The van der Waals surface area contributed by atoms with Crippen LogP contribution in [-0.4, -0.2) is 37.2 Å². The Morgan fingerprint density at radius 3 is 2.17 bits per heavy atom. The van der Waals surface area contributed by atoms with E-state index in [4.69, 9.17) is 0 Å². The highest BCUT2D eigenvalue weighted by molar-refractivity contribution is 5.99. The summed E-state index contributed by atoms with van der Waals surface area (Å²) in [6.07, 6.45) is 2.59. The smallest absolute Gasteiger partial charge is 0.330 e. The molecule has 0 spiro atoms. The van der Waals surface area contributed by atoms with E-state index in [0.717, 1.165) is 13.0 Å². The van der Waals surface area contributed by atoms with E-state index in [-0.39, 0.29) is 5.57 Å². The van der Waals surface area contributed by atoms with Crippen LogP contribution in [0.25, 0.3) is 0 Å². The van der Waals surface area contributed by atoms with E-state index in [9.17, 15) is 19.2 Å². The summed E-state index contributed by atoms with van der Waals surface area (Å²) in [7, 11) is 1.20. The molecule has 0 saturated heterocycles. The molecule has 0 radical (unpaired) electrons. The van der Waals surface area contributed by atoms with Gasteiger partial charge >= 0.3 is 11.9 Å². The quantitative estimate of drug-likeness (QED) is 0.294. The molecule has 1 unspecified atom stereocenters. The van der Waals surface area contributed by atoms with Crippen LogP contribution >= 0.6 is 0 Å². The predicted octanol–water partition coefficient (Wildman–Crippen LogP) is 0.362. The molecule has 0 fully saturated rings. The van der Waals surface area contributed by atoms with Gasteiger partial charge in [-0.3, -0.25) is 14.4 Å². The first-order chi connectivity index (χ1) is 8.42. The second-order valence-corrected chi connectivity index (χ2v) is 3.23. The standard InChI is InChI=1S/C12H14O6/c1-8(14)10(5-4-6-12(16)17-3)11(7-13)18-9(2)15/h4-7,11H,1-3H3/b6-4+,10-5+. The molecule has 0 heterocycles. The van der Waals surface area contributed by atoms with Crippen molar-refractivity contribution in [1.29, 1.82) is 0 Å². The summed E-state index contributed by atoms with van der Waals surface area (Å²) >= 11 is 0. The van der Waals surface area contributed by atoms with Crippen LogP contribution in [0.1, 0.15) is 13.8 Å². The molecular weight excluding hydrogens is 240 g/mol. The van der Waals surface area contributed by atoms with E-state index in [0.29, 0.717) is 6.29 Å². The Hall–Kier alpha value is -2.24. The van der Waals surface area contributed by atoms with Crippen molar-refractivity contribution >= 4 is 24.0 Å². The molecule has 0 saturated carbocycles. The van der Waals surface area contributed by atoms with Crippen LogP contribution in [0.4, 0.5) is 0 Å². The van der Waals surface area contributed by atoms with Gasteiger partial charge in [-0.05, 0) is 6.92 Å². The fraction of sp³-hybridized carbons (Fsp3) is 0.333. The molecule has 0 rings (SSSR count). The fourth-order valence-electron chi connectivity index (χ4n) is 1.05. The summed E-state index contributed by atoms with van der Waals surface area (Å²) in [4.78, 5) is 43.6. The number of carbonyl (C=O) groups excluding carboxylic acids is 4. The SMILES string of the molecule is COC(=O)/C=C/C=C(\C(C)=O)C(C=O)OC(C)=O. The van der Waals surface area contributed by atoms with Gasteiger partial charge in [0.2, 0.25) is 0 Å². The predicted molar refractivity (Wildman–Crippen MR) is 61.5 cm³/mol. The largest absolute Gasteiger partial charge is 0.466 e. The average molecular weight is 254 g/mol. The molecule has 6 heteroatoms. The lowest BCUT2D eigenvalue weighted by Gasteiger charge is -2.11. The minimum absolute atomic E-state index is 0.0275. The van der Waals surface area contributed by atoms with Gasteiger partial charge in [0.05, 0.1) is 7.11 Å². The van der Waals surface area contributed by atoms with Crippen molar-refractivity contribution in [1.82, 2.24) is 0 Å². The van der Waals surface area contributed by atoms with Crippen molar-refractivity contribution in [2.75, 3.05) is 7.11 Å². The molecule has 98 valence electrons. The van der Waals surface area contributed by atoms with E-state index < -0.39 is 23.8 Å². The first kappa shape index (κ1) is 15.8. The first-order valence-electron chi connectivity index (χ1n) is 5.02. The Balaban J connectivity index is 5.04. The number of hydrogen-bond donors (Lipinski definition) is 0. The minimum Gasteiger partial charge on any atom is -0.466 e. The van der Waals surface area contributed by atoms with Gasteiger partial charge in [0, 0.05) is 18.6 Å². The first-order valence-corrected chi connectivity index (χ1v) is 5.02. The molecule has 0 bridgehead atoms. The van der Waals surface area contributed by atoms with Gasteiger partial charge < -0.3 is 9.47 Å². The molecule has 6 nitrogen and oxygen atoms in total. The van der Waals surface area contributed by atoms with Gasteiger partial charge in [0.25, 0.3) is 0 Å². The number of esters is 2. The van der Waals surface area contributed by atoms with Crippen LogP contribution in [-0.2, 0) is 28.7 Å². The van der Waals surface area contributed by atoms with Crippen LogP contribution in [0.15, 0.2) is 23.8 Å². The molecule has 0 aliphatic carbocycles. The van der Waals surface area contributed by atoms with E-state index in [1.165, 1.54) is 26.2 Å². The maximum atomic E-state index is 11.3. The number of methoxy groups -OCH3 is 1. The molecule has 0 aromatic heterocycles. The number of Topliss-reactive ketones (excluding diaryl/α,β-unsaturated/α-hetero) is 1. The molecular formula is C12H14O6. The normalized spacial score (nSPS) is 12.9. The highest BCUT2D eigenvalue weighted by atomic mass is 16.5. The van der Waals surface area contributed by atoms with Gasteiger partial charge in [-0.2, -0.15) is 0 Å². The summed E-state index contributed by atoms with van der Waals surface area (Å²) in [5, 5.41) is 0. The van der Waals surface area contributed by atoms with Gasteiger partial charge in [0.15, 0.2) is 18.2 Å². The van der Waals surface area contributed by atoms with Crippen molar-refractivity contribution < 1.29 is 28.7 Å². The number of allylic oxidation sites excluding steroid dienone is 2. The third-order valence-electron chi connectivity index (χ3n) is 1.84. The second-order valence-electron chi connectivity index (χ2n) is 3.23. The monoisotopic (exact) mass is 254 g/mol. The Morgan fingerprint density at radius 2 is 1.78 bits per heavy atom. The van der Waals surface area contributed by atoms with Crippen molar-refractivity contribution in [3.63, 3.8) is 0 Å². The fourth-order valence-corrected chi connectivity index (χ4v) is 1.05. The van der Waals surface area contributed by atoms with E-state index in [2.05, 4.69) is 9.47 Å². The van der Waals surface area contributed by atoms with Crippen molar-refractivity contribution in [3.8, 4) is 0 Å². The van der Waals surface area contributed by atoms with Crippen molar-refractivity contribution in [2.24, 2.45) is 0 Å². The highest BCUT2D eigenvalue weighted by Gasteiger charge is 2.19. The lowest BCUT2D eigenvalue weighted by molar-refractivity contribution is -0.147. The van der Waals surface area contributed by atoms with Gasteiger partial charge in [0.1, 0.15) is 0 Å². The molecule has 0 aliphatic rings. The highest BCUT2D eigenvalue weighted by Crippen LogP contribution is 2.07. The third kappa shape index (κ3) is 5.74. The molecule has 0 aromatic rings. The maximum Gasteiger partial charge on any atom is 0.330 e. The number of ether oxygens (including phenoxy) is 2. The molecule has 0 aromatic carbocycles. The van der Waals surface area contributed by atoms with E-state index >= 15 is 0 Å². The van der Waals surface area contributed by atoms with Gasteiger partial charge in [-0.1, -0.05) is 12.2 Å². The second kappa shape index (κ2) is 7.94.